The van der Waals surface area contributed by atoms with Crippen LogP contribution in [-0.2, 0) is 0 Å². The van der Waals surface area contributed by atoms with Crippen LogP contribution in [0.25, 0.3) is 5.57 Å². The summed E-state index contributed by atoms with van der Waals surface area (Å²) in [6.45, 7) is 5.73. The molecule has 0 atom stereocenters. The molecule has 56 valence electrons. The molecule has 1 rings (SSSR count). The van der Waals surface area contributed by atoms with Crippen LogP contribution in [0.5, 0.6) is 0 Å². The summed E-state index contributed by atoms with van der Waals surface area (Å²) in [4.78, 5) is 0. The van der Waals surface area contributed by atoms with Gasteiger partial charge in [0.2, 0.25) is 0 Å². The largest absolute Gasteiger partial charge is 0.0991 e. The second-order valence-electron chi connectivity index (χ2n) is 2.45. The predicted octanol–water partition coefficient (Wildman–Crippen LogP) is 3.28. The lowest BCUT2D eigenvalue weighted by molar-refractivity contribution is 1.57. The van der Waals surface area contributed by atoms with Gasteiger partial charge >= 0.3 is 0 Å². The van der Waals surface area contributed by atoms with Crippen LogP contribution in [0.1, 0.15) is 12.5 Å². The Labute approximate surface area is 67.9 Å². The molecule has 0 amide bonds. The van der Waals surface area contributed by atoms with Gasteiger partial charge in [0.1, 0.15) is 0 Å². The van der Waals surface area contributed by atoms with Crippen LogP contribution < -0.4 is 0 Å². The van der Waals surface area contributed by atoms with Crippen LogP contribution in [0, 0.1) is 0 Å². The van der Waals surface area contributed by atoms with E-state index in [-0.39, 0.29) is 0 Å². The van der Waals surface area contributed by atoms with E-state index in [0.717, 1.165) is 0 Å². The standard InChI is InChI=1S/C11H12/c1-3-7-10(2)11-8-5-4-6-9-11/h3-9H,1H2,2H3/b10-7-. The molecule has 0 heteroatoms. The highest BCUT2D eigenvalue weighted by Crippen LogP contribution is 2.11. The van der Waals surface area contributed by atoms with E-state index < -0.39 is 0 Å². The van der Waals surface area contributed by atoms with Crippen LogP contribution in [-0.4, -0.2) is 0 Å². The van der Waals surface area contributed by atoms with Crippen molar-refractivity contribution >= 4 is 5.57 Å². The fourth-order valence-electron chi connectivity index (χ4n) is 0.974. The summed E-state index contributed by atoms with van der Waals surface area (Å²) < 4.78 is 0. The molecule has 0 aliphatic carbocycles. The van der Waals surface area contributed by atoms with Crippen LogP contribution in [0.15, 0.2) is 49.1 Å². The maximum Gasteiger partial charge on any atom is -0.0227 e. The van der Waals surface area contributed by atoms with E-state index >= 15 is 0 Å². The fraction of sp³-hybridized carbons (Fsp3) is 0.0909. The Morgan fingerprint density at radius 3 is 2.45 bits per heavy atom. The Balaban J connectivity index is 2.94. The Hall–Kier alpha value is -1.30. The van der Waals surface area contributed by atoms with E-state index in [9.17, 15) is 0 Å². The van der Waals surface area contributed by atoms with Gasteiger partial charge in [-0.15, -0.1) is 0 Å². The summed E-state index contributed by atoms with van der Waals surface area (Å²) in [5, 5.41) is 0. The normalized spacial score (nSPS) is 11.2. The second-order valence-corrected chi connectivity index (χ2v) is 2.45. The molecule has 0 aliphatic heterocycles. The summed E-state index contributed by atoms with van der Waals surface area (Å²) in [6, 6.07) is 10.3. The van der Waals surface area contributed by atoms with E-state index in [4.69, 9.17) is 0 Å². The van der Waals surface area contributed by atoms with Crippen molar-refractivity contribution in [2.24, 2.45) is 0 Å². The third kappa shape index (κ3) is 2.08. The third-order valence-electron chi connectivity index (χ3n) is 1.60. The molecule has 1 aromatic rings. The molecule has 0 saturated heterocycles. The van der Waals surface area contributed by atoms with Gasteiger partial charge in [-0.2, -0.15) is 0 Å². The molecule has 0 aromatic heterocycles. The fourth-order valence-corrected chi connectivity index (χ4v) is 0.974. The van der Waals surface area contributed by atoms with Gasteiger partial charge in [0.15, 0.2) is 0 Å². The molecule has 0 N–H and O–H groups in total. The Kier molecular flexibility index (Phi) is 2.67. The van der Waals surface area contributed by atoms with Crippen LogP contribution >= 0.6 is 0 Å². The first kappa shape index (κ1) is 7.80. The van der Waals surface area contributed by atoms with Crippen LogP contribution in [0.3, 0.4) is 0 Å². The van der Waals surface area contributed by atoms with Crippen molar-refractivity contribution in [3.63, 3.8) is 0 Å². The number of benzene rings is 1. The first-order chi connectivity index (χ1) is 5.34. The quantitative estimate of drug-likeness (QED) is 0.559. The Bertz CT molecular complexity index is 255. The first-order valence-electron chi connectivity index (χ1n) is 3.69. The minimum Gasteiger partial charge on any atom is -0.0991 e. The Morgan fingerprint density at radius 1 is 1.27 bits per heavy atom. The molecule has 0 saturated carbocycles. The monoisotopic (exact) mass is 144 g/mol. The minimum atomic E-state index is 1.25. The average Bonchev–Trinajstić information content (AvgIpc) is 2.07. The van der Waals surface area contributed by atoms with Gasteiger partial charge in [-0.05, 0) is 18.1 Å². The van der Waals surface area contributed by atoms with Crippen molar-refractivity contribution in [3.8, 4) is 0 Å². The Morgan fingerprint density at radius 2 is 1.91 bits per heavy atom. The van der Waals surface area contributed by atoms with Gasteiger partial charge < -0.3 is 0 Å². The molecule has 0 heterocycles. The molecule has 1 aromatic carbocycles. The smallest absolute Gasteiger partial charge is 0.0227 e. The van der Waals surface area contributed by atoms with Crippen molar-refractivity contribution < 1.29 is 0 Å². The summed E-state index contributed by atoms with van der Waals surface area (Å²) in [7, 11) is 0. The van der Waals surface area contributed by atoms with Crippen molar-refractivity contribution in [3.05, 3.63) is 54.6 Å². The lowest BCUT2D eigenvalue weighted by Crippen LogP contribution is -1.75. The molecule has 0 nitrogen and oxygen atoms in total. The third-order valence-corrected chi connectivity index (χ3v) is 1.60. The van der Waals surface area contributed by atoms with E-state index in [2.05, 4.69) is 25.6 Å². The van der Waals surface area contributed by atoms with Crippen molar-refractivity contribution in [1.29, 1.82) is 0 Å². The van der Waals surface area contributed by atoms with Crippen LogP contribution in [0.2, 0.25) is 0 Å². The van der Waals surface area contributed by atoms with Crippen molar-refractivity contribution in [2.75, 3.05) is 0 Å². The molecular weight excluding hydrogens is 132 g/mol. The highest BCUT2D eigenvalue weighted by atomic mass is 13.9. The van der Waals surface area contributed by atoms with E-state index in [1.165, 1.54) is 11.1 Å². The van der Waals surface area contributed by atoms with E-state index in [1.54, 1.807) is 0 Å². The summed E-state index contributed by atoms with van der Waals surface area (Å²) in [5.74, 6) is 0. The molecule has 0 aliphatic rings. The zero-order valence-electron chi connectivity index (χ0n) is 6.75. The highest BCUT2D eigenvalue weighted by molar-refractivity contribution is 5.64. The second kappa shape index (κ2) is 3.77. The molecule has 11 heavy (non-hydrogen) atoms. The van der Waals surface area contributed by atoms with Gasteiger partial charge in [-0.3, -0.25) is 0 Å². The molecule has 0 bridgehead atoms. The van der Waals surface area contributed by atoms with E-state index in [1.807, 2.05) is 30.4 Å². The number of rotatable bonds is 2. The summed E-state index contributed by atoms with van der Waals surface area (Å²) >= 11 is 0. The first-order valence-corrected chi connectivity index (χ1v) is 3.69. The predicted molar refractivity (Wildman–Crippen MR) is 50.3 cm³/mol. The average molecular weight is 144 g/mol. The maximum absolute atomic E-state index is 3.65. The van der Waals surface area contributed by atoms with E-state index in [0.29, 0.717) is 0 Å². The van der Waals surface area contributed by atoms with Gasteiger partial charge in [0, 0.05) is 0 Å². The highest BCUT2D eigenvalue weighted by Gasteiger charge is 1.89. The van der Waals surface area contributed by atoms with Gasteiger partial charge in [0.25, 0.3) is 0 Å². The number of hydrogen-bond donors (Lipinski definition) is 0. The summed E-state index contributed by atoms with van der Waals surface area (Å²) in [5.41, 5.74) is 2.51. The van der Waals surface area contributed by atoms with Gasteiger partial charge in [0.05, 0.1) is 0 Å². The molecule has 0 unspecified atom stereocenters. The van der Waals surface area contributed by atoms with Crippen molar-refractivity contribution in [1.82, 2.24) is 0 Å². The SMILES string of the molecule is C=C/C=C(/C)c1ccccc1. The maximum atomic E-state index is 3.65. The number of allylic oxidation sites excluding steroid dienone is 3. The molecular formula is C11H12. The lowest BCUT2D eigenvalue weighted by Gasteiger charge is -1.97. The minimum absolute atomic E-state index is 1.25. The molecule has 0 fully saturated rings. The zero-order valence-corrected chi connectivity index (χ0v) is 6.75. The molecule has 0 radical (unpaired) electrons. The lowest BCUT2D eigenvalue weighted by atomic mass is 10.1. The zero-order chi connectivity index (χ0) is 8.10. The topological polar surface area (TPSA) is 0 Å². The molecule has 0 spiro atoms. The van der Waals surface area contributed by atoms with Crippen molar-refractivity contribution in [2.45, 2.75) is 6.92 Å². The number of hydrogen-bond acceptors (Lipinski definition) is 0. The van der Waals surface area contributed by atoms with Crippen LogP contribution in [0.4, 0.5) is 0 Å². The van der Waals surface area contributed by atoms with Gasteiger partial charge in [-0.1, -0.05) is 49.1 Å². The van der Waals surface area contributed by atoms with Gasteiger partial charge in [-0.25, -0.2) is 0 Å². The summed E-state index contributed by atoms with van der Waals surface area (Å²) in [6.07, 6.45) is 3.82.